The molecule has 0 bridgehead atoms. The number of hydrogen-bond acceptors (Lipinski definition) is 3. The summed E-state index contributed by atoms with van der Waals surface area (Å²) in [5, 5.41) is 0. The lowest BCUT2D eigenvalue weighted by molar-refractivity contribution is 0.148. The van der Waals surface area contributed by atoms with Crippen molar-refractivity contribution in [2.45, 2.75) is 13.5 Å². The molecule has 22 heavy (non-hydrogen) atoms. The summed E-state index contributed by atoms with van der Waals surface area (Å²) in [4.78, 5) is 15.7. The molecule has 1 aromatic heterocycles. The first-order valence-electron chi connectivity index (χ1n) is 6.95. The van der Waals surface area contributed by atoms with E-state index in [9.17, 15) is 4.79 Å². The number of benzene rings is 2. The normalized spacial score (nSPS) is 11.8. The predicted molar refractivity (Wildman–Crippen MR) is 82.1 cm³/mol. The van der Waals surface area contributed by atoms with E-state index < -0.39 is 6.09 Å². The Morgan fingerprint density at radius 3 is 2.77 bits per heavy atom. The Hall–Kier alpha value is -2.82. The fraction of sp³-hybridized carbons (Fsp3) is 0.176. The molecule has 3 rings (SSSR count). The maximum Gasteiger partial charge on any atom is 0.438 e. The summed E-state index contributed by atoms with van der Waals surface area (Å²) in [6, 6.07) is 15.3. The van der Waals surface area contributed by atoms with E-state index in [1.54, 1.807) is 11.6 Å². The molecule has 0 aliphatic rings. The number of nitrogens with zero attached hydrogens (tertiary/aromatic N) is 2. The molecule has 1 amide bonds. The molecule has 3 aromatic rings. The van der Waals surface area contributed by atoms with Crippen molar-refractivity contribution in [2.75, 3.05) is 0 Å². The van der Waals surface area contributed by atoms with Crippen LogP contribution in [0.3, 0.4) is 0 Å². The van der Waals surface area contributed by atoms with Crippen LogP contribution in [0.2, 0.25) is 0 Å². The number of aromatic nitrogens is 1. The fourth-order valence-electron chi connectivity index (χ4n) is 2.18. The second-order valence-corrected chi connectivity index (χ2v) is 5.07. The molecule has 0 spiro atoms. The zero-order chi connectivity index (χ0) is 15.5. The van der Waals surface area contributed by atoms with E-state index in [4.69, 9.17) is 9.15 Å². The predicted octanol–water partition coefficient (Wildman–Crippen LogP) is 3.32. The molecule has 0 atom stereocenters. The van der Waals surface area contributed by atoms with Crippen LogP contribution in [0.25, 0.3) is 11.1 Å². The molecule has 0 aliphatic heterocycles. The molecule has 5 heteroatoms. The van der Waals surface area contributed by atoms with Crippen LogP contribution in [0, 0.1) is 6.92 Å². The van der Waals surface area contributed by atoms with Crippen molar-refractivity contribution in [1.82, 2.24) is 4.57 Å². The van der Waals surface area contributed by atoms with Gasteiger partial charge in [0, 0.05) is 7.05 Å². The van der Waals surface area contributed by atoms with Crippen molar-refractivity contribution in [3.63, 3.8) is 0 Å². The highest BCUT2D eigenvalue weighted by Gasteiger charge is 2.07. The van der Waals surface area contributed by atoms with Crippen molar-refractivity contribution >= 4 is 17.2 Å². The zero-order valence-electron chi connectivity index (χ0n) is 12.4. The lowest BCUT2D eigenvalue weighted by atomic mass is 10.2. The summed E-state index contributed by atoms with van der Waals surface area (Å²) in [6.07, 6.45) is -0.671. The van der Waals surface area contributed by atoms with Gasteiger partial charge in [-0.2, -0.15) is 0 Å². The van der Waals surface area contributed by atoms with Gasteiger partial charge in [0.1, 0.15) is 6.61 Å². The molecule has 0 saturated heterocycles. The van der Waals surface area contributed by atoms with Gasteiger partial charge in [0.25, 0.3) is 0 Å². The Bertz CT molecular complexity index is 876. The number of carbonyl (C=O) groups is 1. The smallest absolute Gasteiger partial charge is 0.438 e. The average Bonchev–Trinajstić information content (AvgIpc) is 2.82. The Morgan fingerprint density at radius 2 is 2.00 bits per heavy atom. The van der Waals surface area contributed by atoms with Crippen LogP contribution in [0.1, 0.15) is 11.1 Å². The van der Waals surface area contributed by atoms with Crippen molar-refractivity contribution in [3.8, 4) is 0 Å². The second kappa shape index (κ2) is 5.89. The van der Waals surface area contributed by atoms with Gasteiger partial charge < -0.3 is 9.15 Å². The van der Waals surface area contributed by atoms with Crippen LogP contribution < -0.4 is 5.68 Å². The number of ether oxygens (including phenoxy) is 1. The number of carbonyl (C=O) groups excluding carboxylic acids is 1. The van der Waals surface area contributed by atoms with Crippen LogP contribution in [0.5, 0.6) is 0 Å². The van der Waals surface area contributed by atoms with Gasteiger partial charge in [0.05, 0.1) is 5.52 Å². The quantitative estimate of drug-likeness (QED) is 0.729. The van der Waals surface area contributed by atoms with Crippen LogP contribution in [0.15, 0.2) is 57.9 Å². The fourth-order valence-corrected chi connectivity index (χ4v) is 2.18. The van der Waals surface area contributed by atoms with E-state index in [2.05, 4.69) is 4.99 Å². The first-order chi connectivity index (χ1) is 10.6. The van der Waals surface area contributed by atoms with Gasteiger partial charge in [-0.1, -0.05) is 36.4 Å². The van der Waals surface area contributed by atoms with E-state index in [1.807, 2.05) is 55.5 Å². The van der Waals surface area contributed by atoms with Gasteiger partial charge >= 0.3 is 11.8 Å². The molecule has 0 radical (unpaired) electrons. The number of fused-ring (bicyclic) bond motifs is 1. The van der Waals surface area contributed by atoms with Crippen LogP contribution in [-0.2, 0) is 18.4 Å². The summed E-state index contributed by atoms with van der Waals surface area (Å²) >= 11 is 0. The third-order valence-electron chi connectivity index (χ3n) is 3.36. The Morgan fingerprint density at radius 1 is 1.23 bits per heavy atom. The summed E-state index contributed by atoms with van der Waals surface area (Å²) in [7, 11) is 1.80. The van der Waals surface area contributed by atoms with E-state index in [0.29, 0.717) is 5.58 Å². The Balaban J connectivity index is 1.82. The third kappa shape index (κ3) is 2.93. The second-order valence-electron chi connectivity index (χ2n) is 5.07. The SMILES string of the molecule is Cc1ccc2c(c1)oc(=NC(=O)OCc1ccccc1)n2C. The van der Waals surface area contributed by atoms with Gasteiger partial charge in [0.2, 0.25) is 0 Å². The summed E-state index contributed by atoms with van der Waals surface area (Å²) in [5.74, 6) is 0. The van der Waals surface area contributed by atoms with Gasteiger partial charge in [-0.25, -0.2) is 4.79 Å². The summed E-state index contributed by atoms with van der Waals surface area (Å²) < 4.78 is 12.4. The summed E-state index contributed by atoms with van der Waals surface area (Å²) in [6.45, 7) is 2.17. The molecule has 2 aromatic carbocycles. The number of rotatable bonds is 2. The lowest BCUT2D eigenvalue weighted by Crippen LogP contribution is -2.15. The minimum atomic E-state index is -0.671. The summed E-state index contributed by atoms with van der Waals surface area (Å²) in [5.41, 5.74) is 3.78. The van der Waals surface area contributed by atoms with Crippen LogP contribution in [-0.4, -0.2) is 10.7 Å². The maximum atomic E-state index is 11.8. The monoisotopic (exact) mass is 296 g/mol. The maximum absolute atomic E-state index is 11.8. The van der Waals surface area contributed by atoms with Crippen molar-refractivity contribution in [1.29, 1.82) is 0 Å². The molecule has 0 unspecified atom stereocenters. The Labute approximate surface area is 127 Å². The minimum absolute atomic E-state index is 0.187. The molecule has 0 fully saturated rings. The highest BCUT2D eigenvalue weighted by molar-refractivity contribution is 5.74. The first-order valence-corrected chi connectivity index (χ1v) is 6.95. The lowest BCUT2D eigenvalue weighted by Gasteiger charge is -2.00. The van der Waals surface area contributed by atoms with E-state index in [1.165, 1.54) is 0 Å². The van der Waals surface area contributed by atoms with Gasteiger partial charge in [0.15, 0.2) is 5.58 Å². The molecular formula is C17H16N2O3. The molecule has 0 N–H and O–H groups in total. The van der Waals surface area contributed by atoms with E-state index in [-0.39, 0.29) is 12.3 Å². The zero-order valence-corrected chi connectivity index (χ0v) is 12.4. The first kappa shape index (κ1) is 14.1. The minimum Gasteiger partial charge on any atom is -0.443 e. The Kier molecular flexibility index (Phi) is 3.78. The number of oxazole rings is 1. The topological polar surface area (TPSA) is 56.7 Å². The van der Waals surface area contributed by atoms with Crippen molar-refractivity contribution in [2.24, 2.45) is 12.0 Å². The van der Waals surface area contributed by atoms with Crippen LogP contribution in [0.4, 0.5) is 4.79 Å². The molecule has 0 saturated carbocycles. The third-order valence-corrected chi connectivity index (χ3v) is 3.36. The van der Waals surface area contributed by atoms with Crippen molar-refractivity contribution < 1.29 is 13.9 Å². The average molecular weight is 296 g/mol. The largest absolute Gasteiger partial charge is 0.443 e. The van der Waals surface area contributed by atoms with Gasteiger partial charge in [-0.15, -0.1) is 4.99 Å². The highest BCUT2D eigenvalue weighted by Crippen LogP contribution is 2.13. The van der Waals surface area contributed by atoms with Gasteiger partial charge in [-0.05, 0) is 30.2 Å². The molecular weight excluding hydrogens is 280 g/mol. The van der Waals surface area contributed by atoms with Gasteiger partial charge in [-0.3, -0.25) is 4.57 Å². The number of hydrogen-bond donors (Lipinski definition) is 0. The van der Waals surface area contributed by atoms with E-state index in [0.717, 1.165) is 16.6 Å². The highest BCUT2D eigenvalue weighted by atomic mass is 16.5. The standard InChI is InChI=1S/C17H16N2O3/c1-12-8-9-14-15(10-12)22-16(19(14)2)18-17(20)21-11-13-6-4-3-5-7-13/h3-10H,11H2,1-2H3. The molecule has 0 aliphatic carbocycles. The number of aryl methyl sites for hydroxylation is 2. The molecule has 5 nitrogen and oxygen atoms in total. The number of amides is 1. The molecule has 1 heterocycles. The van der Waals surface area contributed by atoms with E-state index >= 15 is 0 Å². The van der Waals surface area contributed by atoms with Crippen LogP contribution >= 0.6 is 0 Å². The van der Waals surface area contributed by atoms with Crippen molar-refractivity contribution in [3.05, 3.63) is 65.3 Å². The molecule has 112 valence electrons.